The zero-order valence-corrected chi connectivity index (χ0v) is 10.4. The maximum Gasteiger partial charge on any atom is 0.123 e. The third-order valence-corrected chi connectivity index (χ3v) is 3.46. The number of rotatable bonds is 4. The van der Waals surface area contributed by atoms with Gasteiger partial charge in [-0.1, -0.05) is 11.6 Å². The minimum absolute atomic E-state index is 0.544. The van der Waals surface area contributed by atoms with Crippen LogP contribution in [0.3, 0.4) is 0 Å². The van der Waals surface area contributed by atoms with E-state index in [2.05, 4.69) is 10.1 Å². The predicted octanol–water partition coefficient (Wildman–Crippen LogP) is 2.20. The van der Waals surface area contributed by atoms with Crippen molar-refractivity contribution in [1.29, 1.82) is 0 Å². The van der Waals surface area contributed by atoms with Gasteiger partial charge in [0.05, 0.1) is 12.4 Å². The first kappa shape index (κ1) is 11.6. The third kappa shape index (κ3) is 2.81. The van der Waals surface area contributed by atoms with Gasteiger partial charge >= 0.3 is 0 Å². The number of thiazole rings is 1. The van der Waals surface area contributed by atoms with Crippen LogP contribution in [0, 0.1) is 0 Å². The Morgan fingerprint density at radius 2 is 2.38 bits per heavy atom. The number of aromatic nitrogens is 3. The number of hydrogen-bond acceptors (Lipinski definition) is 4. The first-order valence-electron chi connectivity index (χ1n) is 4.92. The maximum absolute atomic E-state index is 9.86. The Balaban J connectivity index is 1.91. The van der Waals surface area contributed by atoms with Crippen molar-refractivity contribution in [3.63, 3.8) is 0 Å². The fraction of sp³-hybridized carbons (Fsp3) is 0.400. The highest BCUT2D eigenvalue weighted by molar-refractivity contribution is 7.15. The summed E-state index contributed by atoms with van der Waals surface area (Å²) < 4.78 is 2.36. The molecule has 86 valence electrons. The zero-order valence-electron chi connectivity index (χ0n) is 8.80. The van der Waals surface area contributed by atoms with Crippen molar-refractivity contribution < 1.29 is 5.11 Å². The highest BCUT2D eigenvalue weighted by atomic mass is 35.5. The first-order chi connectivity index (χ1) is 7.65. The maximum atomic E-state index is 9.86. The summed E-state index contributed by atoms with van der Waals surface area (Å²) in [5.74, 6) is 0. The van der Waals surface area contributed by atoms with Crippen LogP contribution in [-0.4, -0.2) is 19.9 Å². The first-order valence-corrected chi connectivity index (χ1v) is 6.11. The van der Waals surface area contributed by atoms with Gasteiger partial charge in [0.1, 0.15) is 15.4 Å². The van der Waals surface area contributed by atoms with Crippen molar-refractivity contribution in [3.05, 3.63) is 33.5 Å². The number of aliphatic hydroxyl groups excluding tert-OH is 1. The number of halogens is 1. The van der Waals surface area contributed by atoms with Gasteiger partial charge < -0.3 is 5.11 Å². The zero-order chi connectivity index (χ0) is 11.5. The van der Waals surface area contributed by atoms with Crippen molar-refractivity contribution in [3.8, 4) is 0 Å². The molecule has 0 aliphatic rings. The van der Waals surface area contributed by atoms with Crippen molar-refractivity contribution in [1.82, 2.24) is 14.8 Å². The van der Waals surface area contributed by atoms with Crippen LogP contribution in [0.2, 0.25) is 4.34 Å². The third-order valence-electron chi connectivity index (χ3n) is 2.25. The Kier molecular flexibility index (Phi) is 3.58. The highest BCUT2D eigenvalue weighted by Gasteiger charge is 2.12. The summed E-state index contributed by atoms with van der Waals surface area (Å²) in [6.07, 6.45) is 6.19. The number of aliphatic hydroxyl groups is 1. The van der Waals surface area contributed by atoms with Gasteiger partial charge in [0.2, 0.25) is 0 Å². The molecule has 2 aromatic rings. The lowest BCUT2D eigenvalue weighted by Gasteiger charge is -2.05. The smallest absolute Gasteiger partial charge is 0.123 e. The summed E-state index contributed by atoms with van der Waals surface area (Å²) in [5, 5.41) is 14.6. The molecule has 0 spiro atoms. The minimum Gasteiger partial charge on any atom is -0.386 e. The molecule has 1 N–H and O–H groups in total. The van der Waals surface area contributed by atoms with E-state index >= 15 is 0 Å². The van der Waals surface area contributed by atoms with Crippen LogP contribution in [0.5, 0.6) is 0 Å². The lowest BCUT2D eigenvalue weighted by molar-refractivity contribution is 0.167. The second-order valence-corrected chi connectivity index (χ2v) is 5.27. The van der Waals surface area contributed by atoms with E-state index < -0.39 is 6.10 Å². The number of aryl methyl sites for hydroxylation is 2. The molecule has 6 heteroatoms. The molecule has 1 unspecified atom stereocenters. The molecular weight excluding hydrogens is 246 g/mol. The molecule has 0 amide bonds. The monoisotopic (exact) mass is 257 g/mol. The van der Waals surface area contributed by atoms with Crippen molar-refractivity contribution in [2.24, 2.45) is 7.05 Å². The molecule has 0 aliphatic heterocycles. The van der Waals surface area contributed by atoms with Crippen LogP contribution in [0.1, 0.15) is 23.1 Å². The molecule has 0 fully saturated rings. The summed E-state index contributed by atoms with van der Waals surface area (Å²) in [4.78, 5) is 4.05. The van der Waals surface area contributed by atoms with Gasteiger partial charge in [-0.25, -0.2) is 4.98 Å². The Morgan fingerprint density at radius 1 is 1.56 bits per heavy atom. The largest absolute Gasteiger partial charge is 0.386 e. The van der Waals surface area contributed by atoms with Crippen LogP contribution in [-0.2, 0) is 13.5 Å². The Hall–Kier alpha value is -0.910. The summed E-state index contributed by atoms with van der Waals surface area (Å²) in [6, 6.07) is 0. The van der Waals surface area contributed by atoms with E-state index in [1.54, 1.807) is 10.9 Å². The van der Waals surface area contributed by atoms with E-state index in [-0.39, 0.29) is 0 Å². The lowest BCUT2D eigenvalue weighted by Crippen LogP contribution is -1.98. The van der Waals surface area contributed by atoms with Crippen LogP contribution >= 0.6 is 22.9 Å². The van der Waals surface area contributed by atoms with Crippen molar-refractivity contribution in [2.75, 3.05) is 0 Å². The van der Waals surface area contributed by atoms with Crippen molar-refractivity contribution in [2.45, 2.75) is 18.9 Å². The average molecular weight is 258 g/mol. The molecule has 2 heterocycles. The normalized spacial score (nSPS) is 12.9. The number of nitrogens with zero attached hydrogens (tertiary/aromatic N) is 3. The summed E-state index contributed by atoms with van der Waals surface area (Å²) in [5.41, 5.74) is 1.12. The molecule has 4 nitrogen and oxygen atoms in total. The molecule has 16 heavy (non-hydrogen) atoms. The van der Waals surface area contributed by atoms with Crippen LogP contribution in [0.25, 0.3) is 0 Å². The fourth-order valence-electron chi connectivity index (χ4n) is 1.45. The van der Waals surface area contributed by atoms with Crippen LogP contribution in [0.4, 0.5) is 0 Å². The second-order valence-electron chi connectivity index (χ2n) is 3.58. The standard InChI is InChI=1S/C10H12ClN3OS/c1-14-6-7(4-13-14)2-3-8(15)10-12-5-9(11)16-10/h4-6,8,15H,2-3H2,1H3. The molecule has 0 aromatic carbocycles. The van der Waals surface area contributed by atoms with E-state index in [0.29, 0.717) is 15.8 Å². The van der Waals surface area contributed by atoms with E-state index in [9.17, 15) is 5.11 Å². The summed E-state index contributed by atoms with van der Waals surface area (Å²) in [6.45, 7) is 0. The molecule has 0 bridgehead atoms. The number of hydrogen-bond donors (Lipinski definition) is 1. The quantitative estimate of drug-likeness (QED) is 0.914. The van der Waals surface area contributed by atoms with E-state index in [1.807, 2.05) is 19.4 Å². The molecule has 0 saturated heterocycles. The molecule has 0 radical (unpaired) electrons. The van der Waals surface area contributed by atoms with Gasteiger partial charge in [0.15, 0.2) is 0 Å². The predicted molar refractivity (Wildman–Crippen MR) is 63.6 cm³/mol. The molecule has 0 saturated carbocycles. The van der Waals surface area contributed by atoms with Gasteiger partial charge in [-0.05, 0) is 18.4 Å². The van der Waals surface area contributed by atoms with Crippen molar-refractivity contribution >= 4 is 22.9 Å². The van der Waals surface area contributed by atoms with Gasteiger partial charge in [0.25, 0.3) is 0 Å². The minimum atomic E-state index is -0.544. The summed E-state index contributed by atoms with van der Waals surface area (Å²) >= 11 is 7.08. The fourth-order valence-corrected chi connectivity index (χ4v) is 2.40. The molecule has 0 aliphatic carbocycles. The molecule has 1 atom stereocenters. The van der Waals surface area contributed by atoms with Gasteiger partial charge in [-0.3, -0.25) is 4.68 Å². The topological polar surface area (TPSA) is 50.9 Å². The second kappa shape index (κ2) is 4.95. The lowest BCUT2D eigenvalue weighted by atomic mass is 10.1. The Morgan fingerprint density at radius 3 is 2.94 bits per heavy atom. The van der Waals surface area contributed by atoms with E-state index in [1.165, 1.54) is 11.3 Å². The summed E-state index contributed by atoms with van der Waals surface area (Å²) in [7, 11) is 1.88. The van der Waals surface area contributed by atoms with E-state index in [0.717, 1.165) is 12.0 Å². The van der Waals surface area contributed by atoms with Gasteiger partial charge in [-0.15, -0.1) is 11.3 Å². The molecule has 2 rings (SSSR count). The molecular formula is C10H12ClN3OS. The van der Waals surface area contributed by atoms with Crippen LogP contribution < -0.4 is 0 Å². The van der Waals surface area contributed by atoms with Gasteiger partial charge in [-0.2, -0.15) is 5.10 Å². The van der Waals surface area contributed by atoms with Gasteiger partial charge in [0, 0.05) is 13.2 Å². The highest BCUT2D eigenvalue weighted by Crippen LogP contribution is 2.26. The Labute approximate surface area is 103 Å². The average Bonchev–Trinajstić information content (AvgIpc) is 2.84. The van der Waals surface area contributed by atoms with E-state index in [4.69, 9.17) is 11.6 Å². The molecule has 2 aromatic heterocycles. The Bertz CT molecular complexity index is 468. The van der Waals surface area contributed by atoms with Crippen LogP contribution in [0.15, 0.2) is 18.6 Å². The SMILES string of the molecule is Cn1cc(CCC(O)c2ncc(Cl)s2)cn1.